The Hall–Kier alpha value is -1.45. The summed E-state index contributed by atoms with van der Waals surface area (Å²) in [4.78, 5) is 28.2. The van der Waals surface area contributed by atoms with Crippen molar-refractivity contribution in [1.29, 1.82) is 0 Å². The van der Waals surface area contributed by atoms with E-state index >= 15 is 0 Å². The molecule has 1 aliphatic rings. The molecule has 0 unspecified atom stereocenters. The number of nitrogens with one attached hydrogen (secondary N) is 2. The molecule has 1 fully saturated rings. The molecule has 1 heterocycles. The first-order valence-electron chi connectivity index (χ1n) is 8.25. The number of rotatable bonds is 3. The van der Waals surface area contributed by atoms with Crippen molar-refractivity contribution in [2.45, 2.75) is 58.1 Å². The van der Waals surface area contributed by atoms with Gasteiger partial charge < -0.3 is 15.4 Å². The molecule has 1 saturated carbocycles. The third-order valence-corrected chi connectivity index (χ3v) is 4.65. The number of anilines is 1. The maximum Gasteiger partial charge on any atom is 0.407 e. The van der Waals surface area contributed by atoms with Gasteiger partial charge in [-0.05, 0) is 68.7 Å². The lowest BCUT2D eigenvalue weighted by Gasteiger charge is -2.30. The summed E-state index contributed by atoms with van der Waals surface area (Å²) in [6.07, 6.45) is 3.57. The van der Waals surface area contributed by atoms with Crippen LogP contribution in [0.15, 0.2) is 12.3 Å². The van der Waals surface area contributed by atoms with Gasteiger partial charge in [-0.1, -0.05) is 6.42 Å². The number of carbonyl (C=O) groups is 2. The second kappa shape index (κ2) is 8.29. The monoisotopic (exact) mass is 463 g/mol. The van der Waals surface area contributed by atoms with Crippen LogP contribution in [0.3, 0.4) is 0 Å². The zero-order valence-electron chi connectivity index (χ0n) is 14.6. The molecule has 0 aromatic carbocycles. The average Bonchev–Trinajstić information content (AvgIpc) is 2.49. The van der Waals surface area contributed by atoms with Crippen molar-refractivity contribution in [2.75, 3.05) is 5.32 Å². The van der Waals surface area contributed by atoms with Gasteiger partial charge in [-0.3, -0.25) is 4.79 Å². The van der Waals surface area contributed by atoms with E-state index in [1.807, 2.05) is 22.6 Å². The molecule has 138 valence electrons. The fourth-order valence-electron chi connectivity index (χ4n) is 2.74. The van der Waals surface area contributed by atoms with E-state index in [0.29, 0.717) is 15.8 Å². The van der Waals surface area contributed by atoms with Crippen LogP contribution >= 0.6 is 22.6 Å². The highest BCUT2D eigenvalue weighted by atomic mass is 127. The lowest BCUT2D eigenvalue weighted by molar-refractivity contribution is -0.121. The predicted molar refractivity (Wildman–Crippen MR) is 101 cm³/mol. The van der Waals surface area contributed by atoms with E-state index in [0.717, 1.165) is 25.5 Å². The lowest BCUT2D eigenvalue weighted by atomic mass is 9.85. The maximum atomic E-state index is 13.2. The van der Waals surface area contributed by atoms with Crippen molar-refractivity contribution >= 4 is 40.4 Å². The number of alkyl carbamates (subject to hydrolysis) is 1. The van der Waals surface area contributed by atoms with E-state index in [1.54, 1.807) is 20.8 Å². The van der Waals surface area contributed by atoms with Gasteiger partial charge >= 0.3 is 6.09 Å². The molecule has 0 saturated heterocycles. The van der Waals surface area contributed by atoms with Crippen molar-refractivity contribution in [3.8, 4) is 0 Å². The maximum absolute atomic E-state index is 13.2. The van der Waals surface area contributed by atoms with Gasteiger partial charge in [0, 0.05) is 12.0 Å². The van der Waals surface area contributed by atoms with E-state index in [-0.39, 0.29) is 17.9 Å². The summed E-state index contributed by atoms with van der Waals surface area (Å²) < 4.78 is 18.9. The van der Waals surface area contributed by atoms with E-state index in [2.05, 4.69) is 15.6 Å². The molecule has 1 aromatic rings. The fraction of sp³-hybridized carbons (Fsp3) is 0.588. The molecule has 2 N–H and O–H groups in total. The van der Waals surface area contributed by atoms with Crippen molar-refractivity contribution in [1.82, 2.24) is 10.3 Å². The number of hydrogen-bond donors (Lipinski definition) is 2. The summed E-state index contributed by atoms with van der Waals surface area (Å²) in [7, 11) is 0. The standard InChI is InChI=1S/C17H23FIN3O3/c1-17(2,3)25-16(24)21-11-6-4-5-10(7-11)15(23)22-14-8-13(19)12(18)9-20-14/h8-11H,4-7H2,1-3H3,(H,21,24)(H,20,22,23)/t10-,11+/m1/s1. The van der Waals surface area contributed by atoms with Crippen LogP contribution in [0.1, 0.15) is 46.5 Å². The van der Waals surface area contributed by atoms with Crippen LogP contribution < -0.4 is 10.6 Å². The highest BCUT2D eigenvalue weighted by Crippen LogP contribution is 2.26. The summed E-state index contributed by atoms with van der Waals surface area (Å²) in [5.41, 5.74) is -0.555. The Morgan fingerprint density at radius 1 is 1.36 bits per heavy atom. The van der Waals surface area contributed by atoms with E-state index in [1.165, 1.54) is 6.07 Å². The molecule has 2 amide bonds. The van der Waals surface area contributed by atoms with Crippen LogP contribution in [-0.4, -0.2) is 28.6 Å². The quantitative estimate of drug-likeness (QED) is 0.668. The first-order chi connectivity index (χ1) is 11.6. The van der Waals surface area contributed by atoms with E-state index < -0.39 is 17.5 Å². The Labute approximate surface area is 160 Å². The number of halogens is 2. The zero-order valence-corrected chi connectivity index (χ0v) is 16.7. The smallest absolute Gasteiger partial charge is 0.407 e. The first-order valence-corrected chi connectivity index (χ1v) is 9.33. The van der Waals surface area contributed by atoms with Gasteiger partial charge in [0.15, 0.2) is 5.82 Å². The van der Waals surface area contributed by atoms with Crippen LogP contribution in [0.25, 0.3) is 0 Å². The Morgan fingerprint density at radius 2 is 2.08 bits per heavy atom. The minimum absolute atomic E-state index is 0.0966. The number of amides is 2. The van der Waals surface area contributed by atoms with Crippen LogP contribution in [0.4, 0.5) is 15.0 Å². The molecule has 8 heteroatoms. The molecule has 6 nitrogen and oxygen atoms in total. The van der Waals surface area contributed by atoms with E-state index in [4.69, 9.17) is 4.74 Å². The van der Waals surface area contributed by atoms with Crippen molar-refractivity contribution in [2.24, 2.45) is 5.92 Å². The Kier molecular flexibility index (Phi) is 6.59. The molecule has 25 heavy (non-hydrogen) atoms. The second-order valence-corrected chi connectivity index (χ2v) is 8.34. The topological polar surface area (TPSA) is 80.3 Å². The van der Waals surface area contributed by atoms with Crippen LogP contribution in [0.5, 0.6) is 0 Å². The number of aromatic nitrogens is 1. The average molecular weight is 463 g/mol. The SMILES string of the molecule is CC(C)(C)OC(=O)N[C@H]1CCC[C@@H](C(=O)Nc2cc(I)c(F)cn2)C1. The minimum atomic E-state index is -0.555. The number of ether oxygens (including phenoxy) is 1. The third-order valence-electron chi connectivity index (χ3n) is 3.83. The van der Waals surface area contributed by atoms with Crippen LogP contribution in [-0.2, 0) is 9.53 Å². The molecule has 0 spiro atoms. The van der Waals surface area contributed by atoms with Gasteiger partial charge in [0.05, 0.1) is 9.77 Å². The number of hydrogen-bond acceptors (Lipinski definition) is 4. The van der Waals surface area contributed by atoms with Gasteiger partial charge in [0.1, 0.15) is 11.4 Å². The van der Waals surface area contributed by atoms with Crippen molar-refractivity contribution < 1.29 is 18.7 Å². The van der Waals surface area contributed by atoms with E-state index in [9.17, 15) is 14.0 Å². The molecule has 2 rings (SSSR count). The normalized spacial score (nSPS) is 20.7. The van der Waals surface area contributed by atoms with Crippen molar-refractivity contribution in [3.63, 3.8) is 0 Å². The molecule has 1 aliphatic carbocycles. The number of nitrogens with zero attached hydrogens (tertiary/aromatic N) is 1. The molecular weight excluding hydrogens is 440 g/mol. The van der Waals surface area contributed by atoms with Gasteiger partial charge in [0.2, 0.25) is 5.91 Å². The summed E-state index contributed by atoms with van der Waals surface area (Å²) in [5, 5.41) is 5.56. The molecular formula is C17H23FIN3O3. The molecule has 2 atom stereocenters. The van der Waals surface area contributed by atoms with Gasteiger partial charge in [0.25, 0.3) is 0 Å². The summed E-state index contributed by atoms with van der Waals surface area (Å²) in [6, 6.07) is 1.40. The lowest BCUT2D eigenvalue weighted by Crippen LogP contribution is -2.43. The molecule has 0 bridgehead atoms. The van der Waals surface area contributed by atoms with Crippen molar-refractivity contribution in [3.05, 3.63) is 21.7 Å². The first kappa shape index (κ1) is 19.9. The Balaban J connectivity index is 1.90. The minimum Gasteiger partial charge on any atom is -0.444 e. The molecule has 0 aliphatic heterocycles. The fourth-order valence-corrected chi connectivity index (χ4v) is 3.18. The van der Waals surface area contributed by atoms with Gasteiger partial charge in [-0.25, -0.2) is 14.2 Å². The number of carbonyl (C=O) groups excluding carboxylic acids is 2. The number of pyridine rings is 1. The highest BCUT2D eigenvalue weighted by Gasteiger charge is 2.29. The highest BCUT2D eigenvalue weighted by molar-refractivity contribution is 14.1. The molecule has 1 aromatic heterocycles. The van der Waals surface area contributed by atoms with Gasteiger partial charge in [-0.2, -0.15) is 0 Å². The van der Waals surface area contributed by atoms with Gasteiger partial charge in [-0.15, -0.1) is 0 Å². The zero-order chi connectivity index (χ0) is 18.6. The predicted octanol–water partition coefficient (Wildman–Crippen LogP) is 3.85. The Bertz CT molecular complexity index is 649. The molecule has 0 radical (unpaired) electrons. The van der Waals surface area contributed by atoms with Crippen LogP contribution in [0.2, 0.25) is 0 Å². The summed E-state index contributed by atoms with van der Waals surface area (Å²) in [5.74, 6) is -0.472. The largest absolute Gasteiger partial charge is 0.444 e. The Morgan fingerprint density at radius 3 is 2.72 bits per heavy atom. The van der Waals surface area contributed by atoms with Crippen LogP contribution in [0, 0.1) is 15.3 Å². The second-order valence-electron chi connectivity index (χ2n) is 7.18. The summed E-state index contributed by atoms with van der Waals surface area (Å²) >= 11 is 1.85. The summed E-state index contributed by atoms with van der Waals surface area (Å²) in [6.45, 7) is 5.42. The third kappa shape index (κ3) is 6.41.